The van der Waals surface area contributed by atoms with E-state index in [-0.39, 0.29) is 18.3 Å². The molecule has 7 heteroatoms. The number of halogens is 1. The van der Waals surface area contributed by atoms with E-state index in [1.165, 1.54) is 6.20 Å². The normalized spacial score (nSPS) is 10.6. The SMILES string of the molecule is CCOC(=O)CCN(CCN(C)C)C(=O)c1cncc(Br)c1. The smallest absolute Gasteiger partial charge is 0.307 e. The van der Waals surface area contributed by atoms with Crippen molar-refractivity contribution in [2.75, 3.05) is 40.3 Å². The molecule has 0 spiro atoms. The van der Waals surface area contributed by atoms with Gasteiger partial charge in [0, 0.05) is 36.5 Å². The molecule has 122 valence electrons. The van der Waals surface area contributed by atoms with Gasteiger partial charge in [-0.15, -0.1) is 0 Å². The number of carbonyl (C=O) groups excluding carboxylic acids is 2. The van der Waals surface area contributed by atoms with Crippen molar-refractivity contribution in [3.8, 4) is 0 Å². The lowest BCUT2D eigenvalue weighted by atomic mass is 10.2. The monoisotopic (exact) mass is 371 g/mol. The Kier molecular flexibility index (Phi) is 8.05. The Labute approximate surface area is 139 Å². The lowest BCUT2D eigenvalue weighted by molar-refractivity contribution is -0.143. The van der Waals surface area contributed by atoms with E-state index in [1.54, 1.807) is 24.1 Å². The Balaban J connectivity index is 2.75. The molecule has 0 N–H and O–H groups in total. The van der Waals surface area contributed by atoms with Crippen LogP contribution in [0.1, 0.15) is 23.7 Å². The van der Waals surface area contributed by atoms with Gasteiger partial charge in [0.1, 0.15) is 0 Å². The van der Waals surface area contributed by atoms with Crippen LogP contribution in [0.3, 0.4) is 0 Å². The van der Waals surface area contributed by atoms with Crippen LogP contribution in [0.2, 0.25) is 0 Å². The van der Waals surface area contributed by atoms with E-state index in [9.17, 15) is 9.59 Å². The van der Waals surface area contributed by atoms with Crippen molar-refractivity contribution in [1.29, 1.82) is 0 Å². The van der Waals surface area contributed by atoms with E-state index in [1.807, 2.05) is 19.0 Å². The molecule has 0 aromatic carbocycles. The van der Waals surface area contributed by atoms with Gasteiger partial charge in [-0.25, -0.2) is 0 Å². The molecule has 6 nitrogen and oxygen atoms in total. The number of aromatic nitrogens is 1. The number of hydrogen-bond acceptors (Lipinski definition) is 5. The Morgan fingerprint density at radius 3 is 2.55 bits per heavy atom. The molecule has 1 aromatic rings. The van der Waals surface area contributed by atoms with Gasteiger partial charge in [-0.3, -0.25) is 14.6 Å². The van der Waals surface area contributed by atoms with Gasteiger partial charge in [0.25, 0.3) is 5.91 Å². The highest BCUT2D eigenvalue weighted by atomic mass is 79.9. The Morgan fingerprint density at radius 2 is 1.95 bits per heavy atom. The first kappa shape index (κ1) is 18.6. The first-order valence-electron chi connectivity index (χ1n) is 7.14. The maximum atomic E-state index is 12.6. The molecule has 0 aliphatic carbocycles. The Morgan fingerprint density at radius 1 is 1.23 bits per heavy atom. The van der Waals surface area contributed by atoms with Crippen LogP contribution in [0.4, 0.5) is 0 Å². The third-order valence-corrected chi connectivity index (χ3v) is 3.38. The number of hydrogen-bond donors (Lipinski definition) is 0. The summed E-state index contributed by atoms with van der Waals surface area (Å²) in [5.41, 5.74) is 0.497. The Hall–Kier alpha value is -1.47. The minimum atomic E-state index is -0.294. The van der Waals surface area contributed by atoms with Gasteiger partial charge in [0.15, 0.2) is 0 Å². The van der Waals surface area contributed by atoms with Crippen molar-refractivity contribution >= 4 is 27.8 Å². The standard InChI is InChI=1S/C15H22BrN3O3/c1-4-22-14(20)5-6-19(8-7-18(2)3)15(21)12-9-13(16)11-17-10-12/h9-11H,4-8H2,1-3H3. The number of likely N-dealkylation sites (N-methyl/N-ethyl adjacent to an activating group) is 1. The maximum Gasteiger partial charge on any atom is 0.307 e. The summed E-state index contributed by atoms with van der Waals surface area (Å²) < 4.78 is 5.66. The van der Waals surface area contributed by atoms with Crippen molar-refractivity contribution in [2.45, 2.75) is 13.3 Å². The van der Waals surface area contributed by atoms with Crippen molar-refractivity contribution in [3.63, 3.8) is 0 Å². The molecule has 0 aliphatic heterocycles. The zero-order valence-electron chi connectivity index (χ0n) is 13.2. The highest BCUT2D eigenvalue weighted by molar-refractivity contribution is 9.10. The molecule has 0 aliphatic rings. The second-order valence-electron chi connectivity index (χ2n) is 5.04. The van der Waals surface area contributed by atoms with Crippen LogP contribution in [0.25, 0.3) is 0 Å². The molecule has 0 unspecified atom stereocenters. The van der Waals surface area contributed by atoms with Crippen LogP contribution in [-0.2, 0) is 9.53 Å². The van der Waals surface area contributed by atoms with Gasteiger partial charge in [-0.05, 0) is 43.0 Å². The molecule has 22 heavy (non-hydrogen) atoms. The van der Waals surface area contributed by atoms with E-state index in [0.29, 0.717) is 25.3 Å². The quantitative estimate of drug-likeness (QED) is 0.652. The number of carbonyl (C=O) groups is 2. The highest BCUT2D eigenvalue weighted by Crippen LogP contribution is 2.12. The second kappa shape index (κ2) is 9.53. The van der Waals surface area contributed by atoms with E-state index in [4.69, 9.17) is 4.74 Å². The van der Waals surface area contributed by atoms with Gasteiger partial charge in [0.2, 0.25) is 0 Å². The summed E-state index contributed by atoms with van der Waals surface area (Å²) in [5, 5.41) is 0. The van der Waals surface area contributed by atoms with E-state index < -0.39 is 0 Å². The molecule has 1 heterocycles. The largest absolute Gasteiger partial charge is 0.466 e. The van der Waals surface area contributed by atoms with Crippen LogP contribution >= 0.6 is 15.9 Å². The molecule has 1 amide bonds. The van der Waals surface area contributed by atoms with Crippen LogP contribution in [0, 0.1) is 0 Å². The Bertz CT molecular complexity index is 509. The van der Waals surface area contributed by atoms with Crippen LogP contribution in [0.15, 0.2) is 22.9 Å². The van der Waals surface area contributed by atoms with Gasteiger partial charge in [-0.2, -0.15) is 0 Å². The van der Waals surface area contributed by atoms with Gasteiger partial charge in [-0.1, -0.05) is 0 Å². The van der Waals surface area contributed by atoms with Gasteiger partial charge in [0.05, 0.1) is 18.6 Å². The van der Waals surface area contributed by atoms with Crippen LogP contribution < -0.4 is 0 Å². The number of rotatable bonds is 8. The number of nitrogens with zero attached hydrogens (tertiary/aromatic N) is 3. The number of amides is 1. The van der Waals surface area contributed by atoms with Crippen LogP contribution in [0.5, 0.6) is 0 Å². The first-order chi connectivity index (χ1) is 10.4. The lowest BCUT2D eigenvalue weighted by Gasteiger charge is -2.24. The average Bonchev–Trinajstić information content (AvgIpc) is 2.46. The summed E-state index contributed by atoms with van der Waals surface area (Å²) in [4.78, 5) is 31.7. The van der Waals surface area contributed by atoms with Gasteiger partial charge >= 0.3 is 5.97 Å². The van der Waals surface area contributed by atoms with Crippen molar-refractivity contribution in [1.82, 2.24) is 14.8 Å². The van der Waals surface area contributed by atoms with Crippen molar-refractivity contribution < 1.29 is 14.3 Å². The molecular weight excluding hydrogens is 350 g/mol. The lowest BCUT2D eigenvalue weighted by Crippen LogP contribution is -2.38. The summed E-state index contributed by atoms with van der Waals surface area (Å²) in [6.45, 7) is 3.70. The molecule has 0 bridgehead atoms. The average molecular weight is 372 g/mol. The topological polar surface area (TPSA) is 62.7 Å². The molecule has 0 atom stereocenters. The molecular formula is C15H22BrN3O3. The predicted octanol–water partition coefficient (Wildman–Crippen LogP) is 1.80. The molecule has 0 saturated carbocycles. The van der Waals surface area contributed by atoms with E-state index in [2.05, 4.69) is 20.9 Å². The fourth-order valence-corrected chi connectivity index (χ4v) is 2.17. The van der Waals surface area contributed by atoms with Crippen LogP contribution in [-0.4, -0.2) is 67.0 Å². The zero-order valence-corrected chi connectivity index (χ0v) is 14.8. The van der Waals surface area contributed by atoms with Gasteiger partial charge < -0.3 is 14.5 Å². The summed E-state index contributed by atoms with van der Waals surface area (Å²) in [7, 11) is 3.88. The highest BCUT2D eigenvalue weighted by Gasteiger charge is 2.18. The number of pyridine rings is 1. The fourth-order valence-electron chi connectivity index (χ4n) is 1.81. The summed E-state index contributed by atoms with van der Waals surface area (Å²) in [6, 6.07) is 1.72. The minimum absolute atomic E-state index is 0.139. The fraction of sp³-hybridized carbons (Fsp3) is 0.533. The number of ether oxygens (including phenoxy) is 1. The predicted molar refractivity (Wildman–Crippen MR) is 87.6 cm³/mol. The van der Waals surface area contributed by atoms with E-state index in [0.717, 1.165) is 11.0 Å². The second-order valence-corrected chi connectivity index (χ2v) is 5.96. The summed E-state index contributed by atoms with van der Waals surface area (Å²) in [5.74, 6) is -0.433. The minimum Gasteiger partial charge on any atom is -0.466 e. The summed E-state index contributed by atoms with van der Waals surface area (Å²) >= 11 is 3.31. The summed E-state index contributed by atoms with van der Waals surface area (Å²) in [6.07, 6.45) is 3.34. The molecule has 0 radical (unpaired) electrons. The third-order valence-electron chi connectivity index (χ3n) is 2.95. The third kappa shape index (κ3) is 6.53. The van der Waals surface area contributed by atoms with Crippen molar-refractivity contribution in [2.24, 2.45) is 0 Å². The molecule has 0 saturated heterocycles. The first-order valence-corrected chi connectivity index (χ1v) is 7.93. The molecule has 0 fully saturated rings. The number of esters is 1. The maximum absolute atomic E-state index is 12.6. The van der Waals surface area contributed by atoms with E-state index >= 15 is 0 Å². The molecule has 1 aromatic heterocycles. The zero-order chi connectivity index (χ0) is 16.5. The van der Waals surface area contributed by atoms with Crippen molar-refractivity contribution in [3.05, 3.63) is 28.5 Å². The molecule has 1 rings (SSSR count).